The van der Waals surface area contributed by atoms with Gasteiger partial charge in [0, 0.05) is 10.3 Å². The number of carbonyl (C=O) groups is 3. The summed E-state index contributed by atoms with van der Waals surface area (Å²) in [6.45, 7) is 5.90. The third kappa shape index (κ3) is 2.37. The molecule has 0 bridgehead atoms. The van der Waals surface area contributed by atoms with Crippen LogP contribution in [0.3, 0.4) is 0 Å². The lowest BCUT2D eigenvalue weighted by Gasteiger charge is -2.23. The highest BCUT2D eigenvalue weighted by atomic mass is 32.1. The van der Waals surface area contributed by atoms with E-state index in [9.17, 15) is 14.4 Å². The van der Waals surface area contributed by atoms with Gasteiger partial charge in [-0.15, -0.1) is 11.3 Å². The van der Waals surface area contributed by atoms with Gasteiger partial charge >= 0.3 is 0 Å². The van der Waals surface area contributed by atoms with E-state index in [4.69, 9.17) is 0 Å². The molecule has 0 spiro atoms. The first-order chi connectivity index (χ1) is 10.4. The van der Waals surface area contributed by atoms with Crippen LogP contribution in [0.5, 0.6) is 0 Å². The van der Waals surface area contributed by atoms with Crippen LogP contribution in [0.15, 0.2) is 22.6 Å². The second-order valence-electron chi connectivity index (χ2n) is 6.08. The Labute approximate surface area is 133 Å². The highest BCUT2D eigenvalue weighted by Crippen LogP contribution is 2.40. The molecule has 0 unspecified atom stereocenters. The molecule has 0 radical (unpaired) electrons. The molecule has 116 valence electrons. The Hall–Kier alpha value is -1.95. The quantitative estimate of drug-likeness (QED) is 0.673. The Balaban J connectivity index is 1.78. The number of nitrogens with one attached hydrogen (secondary N) is 1. The molecule has 22 heavy (non-hydrogen) atoms. The summed E-state index contributed by atoms with van der Waals surface area (Å²) in [5, 5.41) is 2.65. The molecule has 6 heteroatoms. The Morgan fingerprint density at radius 1 is 1.14 bits per heavy atom. The van der Waals surface area contributed by atoms with Crippen molar-refractivity contribution >= 4 is 29.1 Å². The van der Waals surface area contributed by atoms with Gasteiger partial charge in [-0.25, -0.2) is 0 Å². The van der Waals surface area contributed by atoms with Crippen molar-refractivity contribution in [2.24, 2.45) is 11.8 Å². The summed E-state index contributed by atoms with van der Waals surface area (Å²) < 4.78 is 0. The molecule has 0 aromatic carbocycles. The number of hydrazine groups is 1. The molecular formula is C16H18N2O3S. The topological polar surface area (TPSA) is 66.5 Å². The fraction of sp³-hybridized carbons (Fsp3) is 0.438. The van der Waals surface area contributed by atoms with Gasteiger partial charge in [-0.3, -0.25) is 19.8 Å². The molecule has 1 fully saturated rings. The first-order valence-corrected chi connectivity index (χ1v) is 8.15. The van der Waals surface area contributed by atoms with Crippen molar-refractivity contribution in [1.82, 2.24) is 10.4 Å². The van der Waals surface area contributed by atoms with Crippen LogP contribution in [-0.2, 0) is 9.59 Å². The Bertz CT molecular complexity index is 672. The lowest BCUT2D eigenvalue weighted by Crippen LogP contribution is -2.46. The predicted molar refractivity (Wildman–Crippen MR) is 83.0 cm³/mol. The maximum absolute atomic E-state index is 12.4. The summed E-state index contributed by atoms with van der Waals surface area (Å²) >= 11 is 1.46. The molecule has 0 saturated carbocycles. The number of nitrogens with zero attached hydrogens (tertiary/aromatic N) is 1. The number of hydrogen-bond acceptors (Lipinski definition) is 4. The van der Waals surface area contributed by atoms with Crippen LogP contribution in [0.25, 0.3) is 0 Å². The van der Waals surface area contributed by atoms with E-state index in [2.05, 4.69) is 5.43 Å². The van der Waals surface area contributed by atoms with Gasteiger partial charge in [0.05, 0.1) is 17.4 Å². The molecule has 3 rings (SSSR count). The smallest absolute Gasteiger partial charge is 0.271 e. The van der Waals surface area contributed by atoms with Crippen LogP contribution in [0.2, 0.25) is 0 Å². The number of imide groups is 1. The number of thiophene rings is 1. The average Bonchev–Trinajstić information content (AvgIpc) is 2.99. The molecule has 1 aliphatic heterocycles. The van der Waals surface area contributed by atoms with E-state index >= 15 is 0 Å². The zero-order valence-corrected chi connectivity index (χ0v) is 13.6. The molecule has 5 nitrogen and oxygen atoms in total. The Morgan fingerprint density at radius 3 is 2.14 bits per heavy atom. The van der Waals surface area contributed by atoms with E-state index in [1.807, 2.05) is 20.8 Å². The largest absolute Gasteiger partial charge is 0.272 e. The highest BCUT2D eigenvalue weighted by molar-refractivity contribution is 7.10. The van der Waals surface area contributed by atoms with Crippen LogP contribution in [0.4, 0.5) is 0 Å². The summed E-state index contributed by atoms with van der Waals surface area (Å²) in [7, 11) is 0. The Morgan fingerprint density at radius 2 is 1.68 bits per heavy atom. The maximum atomic E-state index is 12.4. The summed E-state index contributed by atoms with van der Waals surface area (Å²) in [5.74, 6) is -1.66. The lowest BCUT2D eigenvalue weighted by atomic mass is 9.78. The van der Waals surface area contributed by atoms with E-state index < -0.39 is 5.91 Å². The van der Waals surface area contributed by atoms with E-state index in [0.717, 1.165) is 9.89 Å². The molecule has 2 heterocycles. The summed E-state index contributed by atoms with van der Waals surface area (Å²) in [4.78, 5) is 38.1. The van der Waals surface area contributed by atoms with E-state index in [1.54, 1.807) is 11.4 Å². The van der Waals surface area contributed by atoms with Crippen LogP contribution in [0, 0.1) is 18.8 Å². The average molecular weight is 318 g/mol. The number of carbonyl (C=O) groups excluding carboxylic acids is 3. The summed E-state index contributed by atoms with van der Waals surface area (Å²) in [6.07, 6.45) is 1.20. The fourth-order valence-corrected chi connectivity index (χ4v) is 3.77. The van der Waals surface area contributed by atoms with Crippen molar-refractivity contribution in [3.05, 3.63) is 33.0 Å². The summed E-state index contributed by atoms with van der Waals surface area (Å²) in [6, 6.07) is 1.74. The number of allylic oxidation sites excluding steroid dienone is 2. The van der Waals surface area contributed by atoms with Crippen molar-refractivity contribution in [1.29, 1.82) is 0 Å². The fourth-order valence-electron chi connectivity index (χ4n) is 3.09. The SMILES string of the molecule is CC1=C(C)C[C@H]2C(=O)N(NC(=O)c3csc(C)c3)C(=O)[C@@H]2C1. The first kappa shape index (κ1) is 15.0. The number of aryl methyl sites for hydroxylation is 1. The van der Waals surface area contributed by atoms with E-state index in [0.29, 0.717) is 18.4 Å². The van der Waals surface area contributed by atoms with Crippen LogP contribution < -0.4 is 5.43 Å². The number of rotatable bonds is 2. The maximum Gasteiger partial charge on any atom is 0.271 e. The van der Waals surface area contributed by atoms with Gasteiger partial charge in [0.2, 0.25) is 0 Å². The summed E-state index contributed by atoms with van der Waals surface area (Å²) in [5.41, 5.74) is 5.29. The van der Waals surface area contributed by atoms with Crippen molar-refractivity contribution in [2.45, 2.75) is 33.6 Å². The lowest BCUT2D eigenvalue weighted by molar-refractivity contribution is -0.142. The van der Waals surface area contributed by atoms with Crippen LogP contribution in [-0.4, -0.2) is 22.7 Å². The molecule has 2 atom stereocenters. The molecule has 1 aromatic heterocycles. The van der Waals surface area contributed by atoms with Crippen LogP contribution >= 0.6 is 11.3 Å². The molecule has 1 N–H and O–H groups in total. The molecule has 1 aliphatic carbocycles. The molecule has 2 aliphatic rings. The molecule has 1 aromatic rings. The minimum atomic E-state index is -0.411. The minimum Gasteiger partial charge on any atom is -0.272 e. The zero-order chi connectivity index (χ0) is 16.0. The normalized spacial score (nSPS) is 24.8. The molecule has 1 saturated heterocycles. The van der Waals surface area contributed by atoms with Crippen molar-refractivity contribution < 1.29 is 14.4 Å². The van der Waals surface area contributed by atoms with Crippen molar-refractivity contribution in [3.63, 3.8) is 0 Å². The van der Waals surface area contributed by atoms with Crippen molar-refractivity contribution in [3.8, 4) is 0 Å². The number of hydrogen-bond donors (Lipinski definition) is 1. The minimum absolute atomic E-state index is 0.290. The Kier molecular flexibility index (Phi) is 3.64. The molecule has 3 amide bonds. The second-order valence-corrected chi connectivity index (χ2v) is 7.20. The zero-order valence-electron chi connectivity index (χ0n) is 12.8. The van der Waals surface area contributed by atoms with Gasteiger partial charge in [0.15, 0.2) is 0 Å². The standard InChI is InChI=1S/C16H18N2O3S/c1-8-4-12-13(5-9(8)2)16(21)18(15(12)20)17-14(19)11-6-10(3)22-7-11/h6-7,12-13H,4-5H2,1-3H3,(H,17,19)/t12-,13-/m1/s1. The molecular weight excluding hydrogens is 300 g/mol. The third-order valence-electron chi connectivity index (χ3n) is 4.55. The predicted octanol–water partition coefficient (Wildman–Crippen LogP) is 2.43. The van der Waals surface area contributed by atoms with Gasteiger partial charge < -0.3 is 0 Å². The van der Waals surface area contributed by atoms with E-state index in [-0.39, 0.29) is 23.7 Å². The number of fused-ring (bicyclic) bond motifs is 1. The first-order valence-electron chi connectivity index (χ1n) is 7.27. The van der Waals surface area contributed by atoms with Gasteiger partial charge in [-0.2, -0.15) is 5.01 Å². The monoisotopic (exact) mass is 318 g/mol. The number of amides is 3. The second kappa shape index (κ2) is 5.35. The van der Waals surface area contributed by atoms with Gasteiger partial charge in [0.25, 0.3) is 17.7 Å². The third-order valence-corrected chi connectivity index (χ3v) is 5.41. The highest BCUT2D eigenvalue weighted by Gasteiger charge is 2.49. The van der Waals surface area contributed by atoms with Gasteiger partial charge in [0.1, 0.15) is 0 Å². The van der Waals surface area contributed by atoms with Crippen molar-refractivity contribution in [2.75, 3.05) is 0 Å². The van der Waals surface area contributed by atoms with Gasteiger partial charge in [-0.05, 0) is 39.7 Å². The van der Waals surface area contributed by atoms with Gasteiger partial charge in [-0.1, -0.05) is 11.1 Å². The van der Waals surface area contributed by atoms with Crippen LogP contribution in [0.1, 0.15) is 41.9 Å². The van der Waals surface area contributed by atoms with E-state index in [1.165, 1.54) is 22.5 Å².